The Labute approximate surface area is 114 Å². The van der Waals surface area contributed by atoms with Gasteiger partial charge in [-0.3, -0.25) is 14.5 Å². The van der Waals surface area contributed by atoms with Crippen molar-refractivity contribution < 1.29 is 23.8 Å². The van der Waals surface area contributed by atoms with Crippen molar-refractivity contribution in [3.63, 3.8) is 0 Å². The maximum atomic E-state index is 11.5. The summed E-state index contributed by atoms with van der Waals surface area (Å²) < 4.78 is 14.9. The molecule has 110 valence electrons. The van der Waals surface area contributed by atoms with Gasteiger partial charge in [-0.2, -0.15) is 0 Å². The lowest BCUT2D eigenvalue weighted by Gasteiger charge is -2.38. The van der Waals surface area contributed by atoms with E-state index in [1.54, 1.807) is 0 Å². The molecule has 3 atom stereocenters. The fraction of sp³-hybridized carbons (Fsp3) is 0.846. The van der Waals surface area contributed by atoms with Crippen LogP contribution in [0.5, 0.6) is 0 Å². The van der Waals surface area contributed by atoms with Crippen LogP contribution in [0.15, 0.2) is 0 Å². The number of carbonyl (C=O) groups is 2. The average Bonchev–Trinajstić information content (AvgIpc) is 2.44. The Bertz CT molecular complexity index is 320. The molecule has 0 N–H and O–H groups in total. The number of methoxy groups -OCH3 is 2. The highest BCUT2D eigenvalue weighted by atomic mass is 16.5. The zero-order chi connectivity index (χ0) is 14.4. The molecule has 6 nitrogen and oxygen atoms in total. The number of morpholine rings is 1. The molecule has 0 amide bonds. The van der Waals surface area contributed by atoms with E-state index in [0.29, 0.717) is 13.2 Å². The summed E-state index contributed by atoms with van der Waals surface area (Å²) in [5.41, 5.74) is 0. The van der Waals surface area contributed by atoms with Gasteiger partial charge in [0.25, 0.3) is 0 Å². The third kappa shape index (κ3) is 4.47. The van der Waals surface area contributed by atoms with Gasteiger partial charge < -0.3 is 14.2 Å². The van der Waals surface area contributed by atoms with Crippen molar-refractivity contribution in [2.75, 3.05) is 33.9 Å². The van der Waals surface area contributed by atoms with E-state index in [1.165, 1.54) is 14.2 Å². The predicted molar refractivity (Wildman–Crippen MR) is 68.6 cm³/mol. The Kier molecular flexibility index (Phi) is 6.24. The van der Waals surface area contributed by atoms with Crippen LogP contribution in [0.25, 0.3) is 0 Å². The smallest absolute Gasteiger partial charge is 0.309 e. The predicted octanol–water partition coefficient (Wildman–Crippen LogP) is 0.448. The molecule has 0 aromatic rings. The standard InChI is InChI=1S/C13H23NO5/c1-9(13(16)18-4)10(2)14-5-6-19-11(8-14)7-12(15)17-3/h9-11H,5-8H2,1-4H3. The van der Waals surface area contributed by atoms with Gasteiger partial charge in [-0.1, -0.05) is 6.92 Å². The van der Waals surface area contributed by atoms with Crippen molar-refractivity contribution in [3.8, 4) is 0 Å². The van der Waals surface area contributed by atoms with Crippen molar-refractivity contribution in [3.05, 3.63) is 0 Å². The lowest BCUT2D eigenvalue weighted by molar-refractivity contribution is -0.151. The molecular formula is C13H23NO5. The first kappa shape index (κ1) is 15.9. The van der Waals surface area contributed by atoms with Gasteiger partial charge in [-0.05, 0) is 6.92 Å². The number of hydrogen-bond acceptors (Lipinski definition) is 6. The quantitative estimate of drug-likeness (QED) is 0.678. The highest BCUT2D eigenvalue weighted by Gasteiger charge is 2.31. The molecule has 0 saturated carbocycles. The summed E-state index contributed by atoms with van der Waals surface area (Å²) in [5, 5.41) is 0. The second kappa shape index (κ2) is 7.45. The largest absolute Gasteiger partial charge is 0.469 e. The molecule has 6 heteroatoms. The molecule has 19 heavy (non-hydrogen) atoms. The summed E-state index contributed by atoms with van der Waals surface area (Å²) in [5.74, 6) is -0.703. The minimum absolute atomic E-state index is 0.0523. The Balaban J connectivity index is 2.54. The number of nitrogens with zero attached hydrogens (tertiary/aromatic N) is 1. The fourth-order valence-electron chi connectivity index (χ4n) is 2.20. The number of hydrogen-bond donors (Lipinski definition) is 0. The van der Waals surface area contributed by atoms with Crippen molar-refractivity contribution >= 4 is 11.9 Å². The topological polar surface area (TPSA) is 65.1 Å². The SMILES string of the molecule is COC(=O)CC1CN(C(C)C(C)C(=O)OC)CCO1. The summed E-state index contributed by atoms with van der Waals surface area (Å²) in [6.07, 6.45) is 0.0697. The van der Waals surface area contributed by atoms with Crippen LogP contribution in [0.4, 0.5) is 0 Å². The molecule has 0 aromatic heterocycles. The summed E-state index contributed by atoms with van der Waals surface area (Å²) >= 11 is 0. The van der Waals surface area contributed by atoms with Crippen LogP contribution in [-0.4, -0.2) is 62.9 Å². The summed E-state index contributed by atoms with van der Waals surface area (Å²) in [6.45, 7) is 5.76. The molecule has 1 fully saturated rings. The Morgan fingerprint density at radius 2 is 2.00 bits per heavy atom. The van der Waals surface area contributed by atoms with Gasteiger partial charge in [0, 0.05) is 19.1 Å². The van der Waals surface area contributed by atoms with Gasteiger partial charge >= 0.3 is 11.9 Å². The van der Waals surface area contributed by atoms with E-state index in [1.807, 2.05) is 13.8 Å². The summed E-state index contributed by atoms with van der Waals surface area (Å²) in [6, 6.07) is 0.0523. The summed E-state index contributed by atoms with van der Waals surface area (Å²) in [7, 11) is 2.76. The lowest BCUT2D eigenvalue weighted by atomic mass is 10.0. The molecule has 1 aliphatic heterocycles. The normalized spacial score (nSPS) is 23.5. The summed E-state index contributed by atoms with van der Waals surface area (Å²) in [4.78, 5) is 24.9. The molecular weight excluding hydrogens is 250 g/mol. The van der Waals surface area contributed by atoms with Crippen molar-refractivity contribution in [2.24, 2.45) is 5.92 Å². The third-order valence-electron chi connectivity index (χ3n) is 3.66. The van der Waals surface area contributed by atoms with Crippen molar-refractivity contribution in [1.82, 2.24) is 4.90 Å². The Hall–Kier alpha value is -1.14. The van der Waals surface area contributed by atoms with Gasteiger partial charge in [0.2, 0.25) is 0 Å². The van der Waals surface area contributed by atoms with E-state index in [0.717, 1.165) is 6.54 Å². The Morgan fingerprint density at radius 3 is 2.58 bits per heavy atom. The molecule has 1 heterocycles. The first-order valence-electron chi connectivity index (χ1n) is 6.49. The maximum Gasteiger partial charge on any atom is 0.309 e. The van der Waals surface area contributed by atoms with Crippen LogP contribution in [0.3, 0.4) is 0 Å². The minimum Gasteiger partial charge on any atom is -0.469 e. The number of rotatable bonds is 5. The van der Waals surface area contributed by atoms with Crippen LogP contribution >= 0.6 is 0 Å². The zero-order valence-electron chi connectivity index (χ0n) is 12.0. The highest BCUT2D eigenvalue weighted by molar-refractivity contribution is 5.72. The van der Waals surface area contributed by atoms with E-state index in [-0.39, 0.29) is 36.4 Å². The van der Waals surface area contributed by atoms with E-state index in [2.05, 4.69) is 9.64 Å². The molecule has 0 spiro atoms. The third-order valence-corrected chi connectivity index (χ3v) is 3.66. The average molecular weight is 273 g/mol. The van der Waals surface area contributed by atoms with Gasteiger partial charge in [-0.15, -0.1) is 0 Å². The molecule has 1 rings (SSSR count). The lowest BCUT2D eigenvalue weighted by Crippen LogP contribution is -2.50. The molecule has 0 radical (unpaired) electrons. The van der Waals surface area contributed by atoms with Gasteiger partial charge in [0.15, 0.2) is 0 Å². The molecule has 3 unspecified atom stereocenters. The van der Waals surface area contributed by atoms with E-state index < -0.39 is 0 Å². The molecule has 1 saturated heterocycles. The van der Waals surface area contributed by atoms with E-state index >= 15 is 0 Å². The Morgan fingerprint density at radius 1 is 1.32 bits per heavy atom. The monoisotopic (exact) mass is 273 g/mol. The van der Waals surface area contributed by atoms with Crippen molar-refractivity contribution in [2.45, 2.75) is 32.4 Å². The van der Waals surface area contributed by atoms with Crippen LogP contribution in [-0.2, 0) is 23.8 Å². The van der Waals surface area contributed by atoms with Crippen LogP contribution in [0, 0.1) is 5.92 Å². The van der Waals surface area contributed by atoms with E-state index in [4.69, 9.17) is 9.47 Å². The van der Waals surface area contributed by atoms with Crippen LogP contribution in [0.1, 0.15) is 20.3 Å². The maximum absolute atomic E-state index is 11.5. The first-order chi connectivity index (χ1) is 8.99. The minimum atomic E-state index is -0.277. The second-order valence-corrected chi connectivity index (χ2v) is 4.82. The first-order valence-corrected chi connectivity index (χ1v) is 6.49. The fourth-order valence-corrected chi connectivity index (χ4v) is 2.20. The second-order valence-electron chi connectivity index (χ2n) is 4.82. The van der Waals surface area contributed by atoms with Crippen LogP contribution in [0.2, 0.25) is 0 Å². The number of esters is 2. The highest BCUT2D eigenvalue weighted by Crippen LogP contribution is 2.17. The number of carbonyl (C=O) groups excluding carboxylic acids is 2. The number of ether oxygens (including phenoxy) is 3. The van der Waals surface area contributed by atoms with E-state index in [9.17, 15) is 9.59 Å². The molecule has 1 aliphatic rings. The molecule has 0 bridgehead atoms. The van der Waals surface area contributed by atoms with Gasteiger partial charge in [-0.25, -0.2) is 0 Å². The van der Waals surface area contributed by atoms with Gasteiger partial charge in [0.05, 0.1) is 39.3 Å². The van der Waals surface area contributed by atoms with Crippen molar-refractivity contribution in [1.29, 1.82) is 0 Å². The molecule has 0 aromatic carbocycles. The van der Waals surface area contributed by atoms with Gasteiger partial charge in [0.1, 0.15) is 0 Å². The van der Waals surface area contributed by atoms with Crippen LogP contribution < -0.4 is 0 Å². The molecule has 0 aliphatic carbocycles. The zero-order valence-corrected chi connectivity index (χ0v) is 12.0.